The van der Waals surface area contributed by atoms with Crippen LogP contribution < -0.4 is 0 Å². The Labute approximate surface area is 220 Å². The van der Waals surface area contributed by atoms with Crippen LogP contribution in [0.4, 0.5) is 22.4 Å². The number of hydrogen-bond acceptors (Lipinski definition) is 4. The number of benzene rings is 2. The molecule has 2 aromatic rings. The van der Waals surface area contributed by atoms with Gasteiger partial charge in [-0.1, -0.05) is 12.1 Å². The minimum absolute atomic E-state index is 0.0746. The van der Waals surface area contributed by atoms with Gasteiger partial charge in [0.25, 0.3) is 0 Å². The largest absolute Gasteiger partial charge is 0.453 e. The second-order valence-corrected chi connectivity index (χ2v) is 10.9. The van der Waals surface area contributed by atoms with Gasteiger partial charge in [-0.2, -0.15) is 0 Å². The van der Waals surface area contributed by atoms with Crippen molar-refractivity contribution in [2.24, 2.45) is 5.92 Å². The quantitative estimate of drug-likeness (QED) is 0.514. The van der Waals surface area contributed by atoms with Crippen LogP contribution in [0.15, 0.2) is 36.4 Å². The maximum absolute atomic E-state index is 14.9. The van der Waals surface area contributed by atoms with E-state index >= 15 is 0 Å². The molecule has 0 aliphatic carbocycles. The van der Waals surface area contributed by atoms with Crippen LogP contribution in [0.2, 0.25) is 0 Å². The fourth-order valence-corrected chi connectivity index (χ4v) is 5.53. The lowest BCUT2D eigenvalue weighted by Crippen LogP contribution is -2.43. The molecule has 2 amide bonds. The zero-order valence-electron chi connectivity index (χ0n) is 22.0. The highest BCUT2D eigenvalue weighted by Gasteiger charge is 2.45. The molecule has 2 aromatic carbocycles. The molecular weight excluding hydrogens is 502 g/mol. The average Bonchev–Trinajstić information content (AvgIpc) is 3.18. The molecule has 10 heteroatoms. The SMILES string of the molecule is COC(=O)N1CCN(C(=O)[C@@H]2CN(C(C)(C)C)CC2c2ccc(F)cc2F)CCC1c1ccc(F)cc1F. The van der Waals surface area contributed by atoms with Gasteiger partial charge < -0.3 is 9.64 Å². The van der Waals surface area contributed by atoms with Crippen molar-refractivity contribution in [2.75, 3.05) is 39.8 Å². The van der Waals surface area contributed by atoms with Crippen molar-refractivity contribution in [3.63, 3.8) is 0 Å². The topological polar surface area (TPSA) is 53.1 Å². The van der Waals surface area contributed by atoms with Gasteiger partial charge in [-0.15, -0.1) is 0 Å². The van der Waals surface area contributed by atoms with Gasteiger partial charge in [-0.05, 0) is 44.9 Å². The third-order valence-corrected chi connectivity index (χ3v) is 7.65. The van der Waals surface area contributed by atoms with Gasteiger partial charge in [0.15, 0.2) is 0 Å². The Morgan fingerprint density at radius 1 is 0.868 bits per heavy atom. The first kappa shape index (κ1) is 27.9. The summed E-state index contributed by atoms with van der Waals surface area (Å²) in [4.78, 5) is 31.6. The van der Waals surface area contributed by atoms with Gasteiger partial charge in [-0.25, -0.2) is 22.4 Å². The Hall–Kier alpha value is -3.14. The normalized spacial score (nSPS) is 22.9. The number of rotatable bonds is 3. The van der Waals surface area contributed by atoms with Crippen molar-refractivity contribution >= 4 is 12.0 Å². The molecule has 2 aliphatic rings. The molecule has 2 aliphatic heterocycles. The van der Waals surface area contributed by atoms with E-state index in [1.54, 1.807) is 4.90 Å². The first-order chi connectivity index (χ1) is 17.9. The molecule has 0 radical (unpaired) electrons. The third kappa shape index (κ3) is 5.65. The molecule has 3 atom stereocenters. The predicted molar refractivity (Wildman–Crippen MR) is 133 cm³/mol. The molecule has 6 nitrogen and oxygen atoms in total. The number of carbonyl (C=O) groups is 2. The summed E-state index contributed by atoms with van der Waals surface area (Å²) in [5.41, 5.74) is 0.140. The van der Waals surface area contributed by atoms with Crippen LogP contribution in [0.3, 0.4) is 0 Å². The lowest BCUT2D eigenvalue weighted by molar-refractivity contribution is -0.135. The highest BCUT2D eigenvalue weighted by atomic mass is 19.1. The van der Waals surface area contributed by atoms with E-state index in [1.165, 1.54) is 30.2 Å². The molecule has 2 fully saturated rings. The van der Waals surface area contributed by atoms with E-state index in [9.17, 15) is 27.2 Å². The molecule has 38 heavy (non-hydrogen) atoms. The van der Waals surface area contributed by atoms with E-state index in [2.05, 4.69) is 4.90 Å². The molecule has 0 aromatic heterocycles. The molecule has 0 saturated carbocycles. The maximum atomic E-state index is 14.9. The fourth-order valence-electron chi connectivity index (χ4n) is 5.53. The Bertz CT molecular complexity index is 1200. The number of ether oxygens (including phenoxy) is 1. The second kappa shape index (κ2) is 10.9. The number of amides is 2. The first-order valence-electron chi connectivity index (χ1n) is 12.7. The highest BCUT2D eigenvalue weighted by molar-refractivity contribution is 5.81. The Balaban J connectivity index is 1.62. The standard InChI is InChI=1S/C28H33F4N3O3/c1-28(2,3)34-15-21(19-7-5-17(29)13-23(19)31)22(16-34)26(36)33-10-9-25(35(12-11-33)27(37)38-4)20-8-6-18(30)14-24(20)32/h5-8,13-14,21-22,25H,9-12,15-16H2,1-4H3/t21?,22-,25?/m1/s1. The van der Waals surface area contributed by atoms with Crippen LogP contribution in [0.5, 0.6) is 0 Å². The molecular formula is C28H33F4N3O3. The highest BCUT2D eigenvalue weighted by Crippen LogP contribution is 2.39. The number of likely N-dealkylation sites (tertiary alicyclic amines) is 1. The van der Waals surface area contributed by atoms with Crippen LogP contribution in [0.1, 0.15) is 50.3 Å². The van der Waals surface area contributed by atoms with E-state index in [0.717, 1.165) is 18.2 Å². The molecule has 2 heterocycles. The van der Waals surface area contributed by atoms with Crippen molar-refractivity contribution in [1.82, 2.24) is 14.7 Å². The Morgan fingerprint density at radius 2 is 1.47 bits per heavy atom. The molecule has 206 valence electrons. The number of hydrogen-bond donors (Lipinski definition) is 0. The minimum atomic E-state index is -0.785. The average molecular weight is 536 g/mol. The van der Waals surface area contributed by atoms with Crippen molar-refractivity contribution in [2.45, 2.75) is 44.7 Å². The van der Waals surface area contributed by atoms with Crippen LogP contribution in [0.25, 0.3) is 0 Å². The Morgan fingerprint density at radius 3 is 2.03 bits per heavy atom. The van der Waals surface area contributed by atoms with Gasteiger partial charge in [0.2, 0.25) is 5.91 Å². The first-order valence-corrected chi connectivity index (χ1v) is 12.7. The molecule has 2 saturated heterocycles. The van der Waals surface area contributed by atoms with E-state index in [4.69, 9.17) is 4.74 Å². The molecule has 4 rings (SSSR count). The minimum Gasteiger partial charge on any atom is -0.453 e. The van der Waals surface area contributed by atoms with Crippen molar-refractivity contribution < 1.29 is 31.9 Å². The van der Waals surface area contributed by atoms with Crippen molar-refractivity contribution in [3.8, 4) is 0 Å². The summed E-state index contributed by atoms with van der Waals surface area (Å²) in [5, 5.41) is 0. The molecule has 0 spiro atoms. The Kier molecular flexibility index (Phi) is 8.01. The zero-order chi connectivity index (χ0) is 27.8. The zero-order valence-corrected chi connectivity index (χ0v) is 22.0. The van der Waals surface area contributed by atoms with Crippen LogP contribution in [-0.2, 0) is 9.53 Å². The second-order valence-electron chi connectivity index (χ2n) is 10.9. The van der Waals surface area contributed by atoms with E-state index in [1.807, 2.05) is 20.8 Å². The summed E-state index contributed by atoms with van der Waals surface area (Å²) < 4.78 is 61.7. The van der Waals surface area contributed by atoms with Crippen molar-refractivity contribution in [3.05, 3.63) is 70.8 Å². The number of methoxy groups -OCH3 is 1. The summed E-state index contributed by atoms with van der Waals surface area (Å²) in [6.45, 7) is 7.30. The van der Waals surface area contributed by atoms with Gasteiger partial charge >= 0.3 is 6.09 Å². The smallest absolute Gasteiger partial charge is 0.410 e. The lowest BCUT2D eigenvalue weighted by atomic mass is 9.87. The van der Waals surface area contributed by atoms with Crippen LogP contribution >= 0.6 is 0 Å². The summed E-state index contributed by atoms with van der Waals surface area (Å²) in [6, 6.07) is 5.86. The molecule has 2 unspecified atom stereocenters. The van der Waals surface area contributed by atoms with Gasteiger partial charge in [0.1, 0.15) is 23.3 Å². The number of nitrogens with zero attached hydrogens (tertiary/aromatic N) is 3. The van der Waals surface area contributed by atoms with Crippen LogP contribution in [-0.4, -0.2) is 72.1 Å². The van der Waals surface area contributed by atoms with E-state index < -0.39 is 47.2 Å². The number of carbonyl (C=O) groups excluding carboxylic acids is 2. The van der Waals surface area contributed by atoms with Crippen LogP contribution in [0, 0.1) is 29.2 Å². The summed E-state index contributed by atoms with van der Waals surface area (Å²) in [5.74, 6) is -4.20. The van der Waals surface area contributed by atoms with Gasteiger partial charge in [-0.3, -0.25) is 14.6 Å². The van der Waals surface area contributed by atoms with E-state index in [0.29, 0.717) is 13.1 Å². The number of halogens is 4. The molecule has 0 N–H and O–H groups in total. The predicted octanol–water partition coefficient (Wildman–Crippen LogP) is 5.10. The van der Waals surface area contributed by atoms with Gasteiger partial charge in [0.05, 0.1) is 19.1 Å². The van der Waals surface area contributed by atoms with E-state index in [-0.39, 0.29) is 48.6 Å². The van der Waals surface area contributed by atoms with Crippen molar-refractivity contribution in [1.29, 1.82) is 0 Å². The molecule has 0 bridgehead atoms. The lowest BCUT2D eigenvalue weighted by Gasteiger charge is -2.32. The van der Waals surface area contributed by atoms with Gasteiger partial charge in [0, 0.05) is 61.9 Å². The third-order valence-electron chi connectivity index (χ3n) is 7.65. The monoisotopic (exact) mass is 535 g/mol. The summed E-state index contributed by atoms with van der Waals surface area (Å²) >= 11 is 0. The summed E-state index contributed by atoms with van der Waals surface area (Å²) in [7, 11) is 1.22. The fraction of sp³-hybridized carbons (Fsp3) is 0.500. The summed E-state index contributed by atoms with van der Waals surface area (Å²) in [6.07, 6.45) is -0.478. The maximum Gasteiger partial charge on any atom is 0.410 e.